The Hall–Kier alpha value is -0.930. The van der Waals surface area contributed by atoms with Crippen molar-refractivity contribution in [2.24, 2.45) is 0 Å². The molecule has 0 aromatic heterocycles. The maximum atomic E-state index is 10.2. The molecule has 1 amide bonds. The molecule has 1 rings (SSSR count). The number of nitrogens with one attached hydrogen (secondary N) is 1. The first-order valence-corrected chi connectivity index (χ1v) is 4.77. The van der Waals surface area contributed by atoms with Gasteiger partial charge in [0.1, 0.15) is 5.02 Å². The highest BCUT2D eigenvalue weighted by molar-refractivity contribution is 6.39. The van der Waals surface area contributed by atoms with Crippen LogP contribution >= 0.6 is 23.2 Å². The number of carbonyl (C=O) groups excluding carboxylic acids is 1. The Labute approximate surface area is 92.0 Å². The summed E-state index contributed by atoms with van der Waals surface area (Å²) in [6.45, 7) is 2.29. The number of carbonyl (C=O) groups is 1. The van der Waals surface area contributed by atoms with Crippen molar-refractivity contribution in [3.05, 3.63) is 22.2 Å². The molecule has 0 aliphatic heterocycles. The van der Waals surface area contributed by atoms with Gasteiger partial charge in [-0.2, -0.15) is 0 Å². The number of anilines is 1. The smallest absolute Gasteiger partial charge is 0.211 e. The number of halogens is 2. The Morgan fingerprint density at radius 1 is 1.50 bits per heavy atom. The summed E-state index contributed by atoms with van der Waals surface area (Å²) in [4.78, 5) is 10.2. The molecule has 0 saturated heterocycles. The number of amides is 1. The van der Waals surface area contributed by atoms with Crippen LogP contribution in [0.4, 0.5) is 5.69 Å². The molecule has 3 nitrogen and oxygen atoms in total. The van der Waals surface area contributed by atoms with E-state index in [-0.39, 0.29) is 0 Å². The van der Waals surface area contributed by atoms with Gasteiger partial charge in [-0.25, -0.2) is 0 Å². The van der Waals surface area contributed by atoms with E-state index in [1.165, 1.54) is 0 Å². The minimum Gasteiger partial charge on any atom is -0.491 e. The molecule has 76 valence electrons. The molecule has 0 heterocycles. The van der Waals surface area contributed by atoms with Crippen LogP contribution in [0.3, 0.4) is 0 Å². The molecule has 0 bridgehead atoms. The first-order valence-electron chi connectivity index (χ1n) is 4.01. The number of rotatable bonds is 4. The highest BCUT2D eigenvalue weighted by Gasteiger charge is 2.10. The molecule has 0 atom stereocenters. The Kier molecular flexibility index (Phi) is 4.04. The summed E-state index contributed by atoms with van der Waals surface area (Å²) in [5.41, 5.74) is 0.481. The van der Waals surface area contributed by atoms with Gasteiger partial charge in [0, 0.05) is 0 Å². The molecule has 0 aliphatic rings. The van der Waals surface area contributed by atoms with E-state index in [1.807, 2.05) is 6.92 Å². The first-order chi connectivity index (χ1) is 6.70. The van der Waals surface area contributed by atoms with Gasteiger partial charge in [-0.3, -0.25) is 4.79 Å². The normalized spacial score (nSPS) is 9.64. The van der Waals surface area contributed by atoms with Gasteiger partial charge in [0.15, 0.2) is 5.75 Å². The molecule has 1 N–H and O–H groups in total. The van der Waals surface area contributed by atoms with Gasteiger partial charge in [-0.1, -0.05) is 23.2 Å². The summed E-state index contributed by atoms with van der Waals surface area (Å²) >= 11 is 11.8. The summed E-state index contributed by atoms with van der Waals surface area (Å²) in [7, 11) is 0. The molecule has 0 saturated carbocycles. The van der Waals surface area contributed by atoms with E-state index in [0.29, 0.717) is 34.5 Å². The average molecular weight is 234 g/mol. The molecule has 0 spiro atoms. The van der Waals surface area contributed by atoms with Crippen LogP contribution in [0.2, 0.25) is 10.0 Å². The van der Waals surface area contributed by atoms with E-state index in [2.05, 4.69) is 5.32 Å². The van der Waals surface area contributed by atoms with Crippen LogP contribution < -0.4 is 10.1 Å². The minimum absolute atomic E-state index is 0.312. The number of benzene rings is 1. The van der Waals surface area contributed by atoms with Crippen LogP contribution in [0.15, 0.2) is 12.1 Å². The van der Waals surface area contributed by atoms with Crippen molar-refractivity contribution in [2.45, 2.75) is 6.92 Å². The zero-order valence-electron chi connectivity index (χ0n) is 7.51. The van der Waals surface area contributed by atoms with Crippen LogP contribution in [0, 0.1) is 0 Å². The first kappa shape index (κ1) is 11.1. The molecular formula is C9H9Cl2NO2. The average Bonchev–Trinajstić information content (AvgIpc) is 2.17. The standard InChI is InChI=1S/C9H9Cl2NO2/c1-2-14-9-6(10)3-4-7(8(9)11)12-5-13/h3-5H,2H2,1H3,(H,12,13). The van der Waals surface area contributed by atoms with Crippen molar-refractivity contribution in [2.75, 3.05) is 11.9 Å². The lowest BCUT2D eigenvalue weighted by atomic mass is 10.3. The van der Waals surface area contributed by atoms with Crippen LogP contribution in [0.1, 0.15) is 6.92 Å². The maximum Gasteiger partial charge on any atom is 0.211 e. The molecule has 0 fully saturated rings. The second-order valence-electron chi connectivity index (χ2n) is 2.43. The van der Waals surface area contributed by atoms with E-state index in [0.717, 1.165) is 0 Å². The highest BCUT2D eigenvalue weighted by atomic mass is 35.5. The third-order valence-corrected chi connectivity index (χ3v) is 2.23. The molecule has 0 aliphatic carbocycles. The predicted molar refractivity (Wildman–Crippen MR) is 57.3 cm³/mol. The molecule has 0 unspecified atom stereocenters. The minimum atomic E-state index is 0.312. The van der Waals surface area contributed by atoms with E-state index in [1.54, 1.807) is 12.1 Å². The Bertz CT molecular complexity index is 342. The summed E-state index contributed by atoms with van der Waals surface area (Å²) in [5, 5.41) is 3.19. The fraction of sp³-hybridized carbons (Fsp3) is 0.222. The zero-order valence-corrected chi connectivity index (χ0v) is 9.02. The van der Waals surface area contributed by atoms with E-state index < -0.39 is 0 Å². The van der Waals surface area contributed by atoms with E-state index in [9.17, 15) is 4.79 Å². The van der Waals surface area contributed by atoms with E-state index in [4.69, 9.17) is 27.9 Å². The van der Waals surface area contributed by atoms with Crippen LogP contribution in [-0.2, 0) is 4.79 Å². The van der Waals surface area contributed by atoms with Gasteiger partial charge in [0.25, 0.3) is 0 Å². The number of hydrogen-bond donors (Lipinski definition) is 1. The van der Waals surface area contributed by atoms with Crippen LogP contribution in [-0.4, -0.2) is 13.0 Å². The summed E-state index contributed by atoms with van der Waals surface area (Å²) in [5.74, 6) is 0.391. The van der Waals surface area contributed by atoms with Gasteiger partial charge >= 0.3 is 0 Å². The monoisotopic (exact) mass is 233 g/mol. The second kappa shape index (κ2) is 5.08. The van der Waals surface area contributed by atoms with Crippen molar-refractivity contribution >= 4 is 35.3 Å². The van der Waals surface area contributed by atoms with Crippen molar-refractivity contribution in [3.8, 4) is 5.75 Å². The van der Waals surface area contributed by atoms with Crippen LogP contribution in [0.5, 0.6) is 5.75 Å². The zero-order chi connectivity index (χ0) is 10.6. The van der Waals surface area contributed by atoms with E-state index >= 15 is 0 Å². The van der Waals surface area contributed by atoms with Crippen molar-refractivity contribution in [1.29, 1.82) is 0 Å². The highest BCUT2D eigenvalue weighted by Crippen LogP contribution is 2.38. The second-order valence-corrected chi connectivity index (χ2v) is 3.22. The number of hydrogen-bond acceptors (Lipinski definition) is 2. The van der Waals surface area contributed by atoms with Crippen molar-refractivity contribution in [3.63, 3.8) is 0 Å². The third-order valence-electron chi connectivity index (χ3n) is 1.55. The van der Waals surface area contributed by atoms with Crippen molar-refractivity contribution < 1.29 is 9.53 Å². The Morgan fingerprint density at radius 2 is 2.21 bits per heavy atom. The summed E-state index contributed by atoms with van der Waals surface area (Å²) in [6.07, 6.45) is 0.546. The maximum absolute atomic E-state index is 10.2. The summed E-state index contributed by atoms with van der Waals surface area (Å²) in [6, 6.07) is 3.23. The van der Waals surface area contributed by atoms with Gasteiger partial charge in [-0.15, -0.1) is 0 Å². The molecule has 1 aromatic rings. The lowest BCUT2D eigenvalue weighted by Crippen LogP contribution is -1.98. The fourth-order valence-electron chi connectivity index (χ4n) is 0.984. The van der Waals surface area contributed by atoms with Gasteiger partial charge < -0.3 is 10.1 Å². The third kappa shape index (κ3) is 2.30. The predicted octanol–water partition coefficient (Wildman–Crippen LogP) is 2.96. The lowest BCUT2D eigenvalue weighted by molar-refractivity contribution is -0.105. The molecular weight excluding hydrogens is 225 g/mol. The molecule has 14 heavy (non-hydrogen) atoms. The molecule has 0 radical (unpaired) electrons. The van der Waals surface area contributed by atoms with Gasteiger partial charge in [0.2, 0.25) is 6.41 Å². The topological polar surface area (TPSA) is 38.3 Å². The Balaban J connectivity index is 3.11. The molecule has 5 heteroatoms. The quantitative estimate of drug-likeness (QED) is 0.813. The van der Waals surface area contributed by atoms with Crippen molar-refractivity contribution in [1.82, 2.24) is 0 Å². The SMILES string of the molecule is CCOc1c(Cl)ccc(NC=O)c1Cl. The summed E-state index contributed by atoms with van der Waals surface area (Å²) < 4.78 is 5.23. The largest absolute Gasteiger partial charge is 0.491 e. The molecule has 1 aromatic carbocycles. The van der Waals surface area contributed by atoms with Gasteiger partial charge in [0.05, 0.1) is 17.3 Å². The number of ether oxygens (including phenoxy) is 1. The van der Waals surface area contributed by atoms with Gasteiger partial charge in [-0.05, 0) is 19.1 Å². The fourth-order valence-corrected chi connectivity index (χ4v) is 1.52. The lowest BCUT2D eigenvalue weighted by Gasteiger charge is -2.10. The van der Waals surface area contributed by atoms with Crippen LogP contribution in [0.25, 0.3) is 0 Å². The Morgan fingerprint density at radius 3 is 2.79 bits per heavy atom.